The molecule has 186 valence electrons. The van der Waals surface area contributed by atoms with Gasteiger partial charge in [0.25, 0.3) is 15.9 Å². The highest BCUT2D eigenvalue weighted by Gasteiger charge is 2.22. The molecule has 0 saturated heterocycles. The molecule has 1 amide bonds. The third-order valence-electron chi connectivity index (χ3n) is 4.97. The summed E-state index contributed by atoms with van der Waals surface area (Å²) in [6, 6.07) is 9.72. The standard InChI is InChI=1S/C20H18ClN9O5S/c1-12-19(30(32)33)13(2)29(25-12)11-28-10-9-16(26-28)20(31)22-14-3-5-15(6-4-14)36(34,35)27-18-8-7-17(21)23-24-18/h3-10H,11H2,1-2H3,(H,22,31)(H,24,27). The molecule has 4 rings (SSSR count). The van der Waals surface area contributed by atoms with E-state index in [0.717, 1.165) is 0 Å². The van der Waals surface area contributed by atoms with Gasteiger partial charge in [-0.1, -0.05) is 11.6 Å². The van der Waals surface area contributed by atoms with Gasteiger partial charge in [0.2, 0.25) is 0 Å². The Balaban J connectivity index is 1.41. The van der Waals surface area contributed by atoms with Crippen molar-refractivity contribution in [2.45, 2.75) is 25.4 Å². The Kier molecular flexibility index (Phi) is 6.67. The molecule has 0 saturated carbocycles. The number of aryl methyl sites for hydroxylation is 1. The molecular weight excluding hydrogens is 514 g/mol. The number of nitro groups is 1. The van der Waals surface area contributed by atoms with Gasteiger partial charge < -0.3 is 5.32 Å². The minimum absolute atomic E-state index is 0.00226. The number of rotatable bonds is 8. The molecule has 0 unspecified atom stereocenters. The largest absolute Gasteiger partial charge is 0.321 e. The Hall–Kier alpha value is -4.37. The summed E-state index contributed by atoms with van der Waals surface area (Å²) < 4.78 is 30.2. The lowest BCUT2D eigenvalue weighted by Crippen LogP contribution is -2.16. The quantitative estimate of drug-likeness (QED) is 0.255. The lowest BCUT2D eigenvalue weighted by molar-refractivity contribution is -0.386. The zero-order valence-electron chi connectivity index (χ0n) is 18.8. The van der Waals surface area contributed by atoms with E-state index in [1.165, 1.54) is 58.0 Å². The Morgan fingerprint density at radius 2 is 1.81 bits per heavy atom. The summed E-state index contributed by atoms with van der Waals surface area (Å²) in [7, 11) is -3.93. The second-order valence-corrected chi connectivity index (χ2v) is 9.55. The van der Waals surface area contributed by atoms with Gasteiger partial charge in [0, 0.05) is 11.9 Å². The van der Waals surface area contributed by atoms with Crippen molar-refractivity contribution in [2.75, 3.05) is 10.0 Å². The molecule has 0 fully saturated rings. The molecular formula is C20H18ClN9O5S. The number of carbonyl (C=O) groups excluding carboxylic acids is 1. The van der Waals surface area contributed by atoms with E-state index in [1.54, 1.807) is 13.8 Å². The molecule has 3 heterocycles. The smallest absolute Gasteiger partial charge is 0.312 e. The first-order valence-corrected chi connectivity index (χ1v) is 12.0. The topological polar surface area (TPSA) is 180 Å². The maximum atomic E-state index is 12.6. The summed E-state index contributed by atoms with van der Waals surface area (Å²) in [6.07, 6.45) is 1.54. The second kappa shape index (κ2) is 9.71. The van der Waals surface area contributed by atoms with Crippen LogP contribution in [0.15, 0.2) is 53.6 Å². The van der Waals surface area contributed by atoms with Crippen molar-refractivity contribution in [3.8, 4) is 0 Å². The number of carbonyl (C=O) groups is 1. The number of aromatic nitrogens is 6. The summed E-state index contributed by atoms with van der Waals surface area (Å²) in [4.78, 5) is 23.2. The van der Waals surface area contributed by atoms with Crippen molar-refractivity contribution < 1.29 is 18.1 Å². The molecule has 2 N–H and O–H groups in total. The summed E-state index contributed by atoms with van der Waals surface area (Å²) in [5, 5.41) is 29.5. The van der Waals surface area contributed by atoms with Crippen molar-refractivity contribution in [3.05, 3.63) is 81.0 Å². The first-order chi connectivity index (χ1) is 17.0. The van der Waals surface area contributed by atoms with Gasteiger partial charge in [-0.05, 0) is 56.3 Å². The van der Waals surface area contributed by atoms with Crippen LogP contribution in [0.25, 0.3) is 0 Å². The van der Waals surface area contributed by atoms with Crippen LogP contribution in [0.2, 0.25) is 5.15 Å². The second-order valence-electron chi connectivity index (χ2n) is 7.48. The highest BCUT2D eigenvalue weighted by Crippen LogP contribution is 2.22. The summed E-state index contributed by atoms with van der Waals surface area (Å²) >= 11 is 5.65. The molecule has 0 spiro atoms. The van der Waals surface area contributed by atoms with Gasteiger partial charge in [-0.2, -0.15) is 10.2 Å². The zero-order chi connectivity index (χ0) is 26.0. The van der Waals surface area contributed by atoms with Crippen LogP contribution in [-0.2, 0) is 16.7 Å². The molecule has 0 aliphatic rings. The molecule has 0 bridgehead atoms. The number of nitrogens with zero attached hydrogens (tertiary/aromatic N) is 7. The molecule has 14 nitrogen and oxygen atoms in total. The fraction of sp³-hybridized carbons (Fsp3) is 0.150. The molecule has 1 aromatic carbocycles. The maximum Gasteiger partial charge on any atom is 0.312 e. The Bertz CT molecular complexity index is 1550. The maximum absolute atomic E-state index is 12.6. The molecule has 16 heteroatoms. The highest BCUT2D eigenvalue weighted by atomic mass is 35.5. The van der Waals surface area contributed by atoms with Crippen molar-refractivity contribution >= 4 is 44.7 Å². The Morgan fingerprint density at radius 1 is 1.08 bits per heavy atom. The van der Waals surface area contributed by atoms with E-state index >= 15 is 0 Å². The van der Waals surface area contributed by atoms with Crippen LogP contribution in [0.3, 0.4) is 0 Å². The van der Waals surface area contributed by atoms with Crippen molar-refractivity contribution in [2.24, 2.45) is 0 Å². The Morgan fingerprint density at radius 3 is 2.42 bits per heavy atom. The monoisotopic (exact) mass is 531 g/mol. The van der Waals surface area contributed by atoms with Crippen molar-refractivity contribution in [1.29, 1.82) is 0 Å². The summed E-state index contributed by atoms with van der Waals surface area (Å²) in [5.74, 6) is -0.527. The number of hydrogen-bond acceptors (Lipinski definition) is 9. The van der Waals surface area contributed by atoms with Crippen LogP contribution >= 0.6 is 11.6 Å². The minimum atomic E-state index is -3.93. The predicted octanol–water partition coefficient (Wildman–Crippen LogP) is 2.61. The molecule has 0 radical (unpaired) electrons. The number of sulfonamides is 1. The molecule has 0 aliphatic carbocycles. The third-order valence-corrected chi connectivity index (χ3v) is 6.54. The number of amides is 1. The van der Waals surface area contributed by atoms with Crippen LogP contribution in [0.4, 0.5) is 17.2 Å². The predicted molar refractivity (Wildman–Crippen MR) is 128 cm³/mol. The number of hydrogen-bond donors (Lipinski definition) is 2. The van der Waals surface area contributed by atoms with Gasteiger partial charge in [-0.3, -0.25) is 24.3 Å². The van der Waals surface area contributed by atoms with Gasteiger partial charge in [0.05, 0.1) is 9.82 Å². The number of anilines is 2. The molecule has 0 aliphatic heterocycles. The van der Waals surface area contributed by atoms with Gasteiger partial charge in [0.1, 0.15) is 18.1 Å². The number of nitrogens with one attached hydrogen (secondary N) is 2. The van der Waals surface area contributed by atoms with Crippen molar-refractivity contribution in [1.82, 2.24) is 29.8 Å². The molecule has 36 heavy (non-hydrogen) atoms. The van der Waals surface area contributed by atoms with Crippen LogP contribution in [0, 0.1) is 24.0 Å². The van der Waals surface area contributed by atoms with Crippen LogP contribution in [0.1, 0.15) is 21.9 Å². The van der Waals surface area contributed by atoms with Gasteiger partial charge >= 0.3 is 5.69 Å². The third kappa shape index (κ3) is 5.31. The summed E-state index contributed by atoms with van der Waals surface area (Å²) in [5.41, 5.74) is 1.01. The van der Waals surface area contributed by atoms with E-state index in [4.69, 9.17) is 11.6 Å². The van der Waals surface area contributed by atoms with Gasteiger partial charge in [-0.25, -0.2) is 13.1 Å². The Labute approximate surface area is 209 Å². The van der Waals surface area contributed by atoms with Crippen LogP contribution in [-0.4, -0.2) is 49.0 Å². The number of benzene rings is 1. The lowest BCUT2D eigenvalue weighted by atomic mass is 10.3. The van der Waals surface area contributed by atoms with E-state index in [0.29, 0.717) is 11.4 Å². The van der Waals surface area contributed by atoms with Gasteiger partial charge in [0.15, 0.2) is 16.7 Å². The van der Waals surface area contributed by atoms with Crippen LogP contribution < -0.4 is 10.0 Å². The fourth-order valence-electron chi connectivity index (χ4n) is 3.27. The average Bonchev–Trinajstić information content (AvgIpc) is 3.39. The molecule has 0 atom stereocenters. The van der Waals surface area contributed by atoms with E-state index in [-0.39, 0.29) is 39.6 Å². The van der Waals surface area contributed by atoms with Crippen molar-refractivity contribution in [3.63, 3.8) is 0 Å². The number of halogens is 1. The average molecular weight is 532 g/mol. The fourth-order valence-corrected chi connectivity index (χ4v) is 4.36. The highest BCUT2D eigenvalue weighted by molar-refractivity contribution is 7.92. The molecule has 4 aromatic rings. The first kappa shape index (κ1) is 24.7. The normalized spacial score (nSPS) is 11.3. The minimum Gasteiger partial charge on any atom is -0.321 e. The lowest BCUT2D eigenvalue weighted by Gasteiger charge is -2.08. The first-order valence-electron chi connectivity index (χ1n) is 10.2. The van der Waals surface area contributed by atoms with E-state index < -0.39 is 20.9 Å². The molecule has 3 aromatic heterocycles. The zero-order valence-corrected chi connectivity index (χ0v) is 20.4. The van der Waals surface area contributed by atoms with E-state index in [1.807, 2.05) is 0 Å². The van der Waals surface area contributed by atoms with Gasteiger partial charge in [-0.15, -0.1) is 10.2 Å². The van der Waals surface area contributed by atoms with E-state index in [2.05, 4.69) is 30.4 Å². The SMILES string of the molecule is Cc1nn(Cn2ccc(C(=O)Nc3ccc(S(=O)(=O)Nc4ccc(Cl)nn4)cc3)n2)c(C)c1[N+](=O)[O-]. The van der Waals surface area contributed by atoms with E-state index in [9.17, 15) is 23.3 Å². The summed E-state index contributed by atoms with van der Waals surface area (Å²) in [6.45, 7) is 3.20. The van der Waals surface area contributed by atoms with Crippen LogP contribution in [0.5, 0.6) is 0 Å².